The predicted octanol–water partition coefficient (Wildman–Crippen LogP) is 4.07. The van der Waals surface area contributed by atoms with Gasteiger partial charge in [0.2, 0.25) is 0 Å². The first-order chi connectivity index (χ1) is 6.69. The molecule has 0 amide bonds. The molecule has 0 spiro atoms. The van der Waals surface area contributed by atoms with Crippen molar-refractivity contribution >= 4 is 0 Å². The third-order valence-electron chi connectivity index (χ3n) is 2.47. The Kier molecular flexibility index (Phi) is 3.87. The molecule has 0 nitrogen and oxygen atoms in total. The lowest BCUT2D eigenvalue weighted by Gasteiger charge is -2.12. The molecule has 0 N–H and O–H groups in total. The summed E-state index contributed by atoms with van der Waals surface area (Å²) in [7, 11) is 0. The standard InChI is InChI=1S/C13H17F/c1-4-6-11-7-8-12(14)9-13(11)10(3)5-2/h5,7-10H,2,4,6H2,1,3H3. The molecule has 0 radical (unpaired) electrons. The van der Waals surface area contributed by atoms with Gasteiger partial charge in [-0.25, -0.2) is 4.39 Å². The molecular formula is C13H17F. The van der Waals surface area contributed by atoms with Crippen LogP contribution >= 0.6 is 0 Å². The van der Waals surface area contributed by atoms with Gasteiger partial charge in [0.25, 0.3) is 0 Å². The molecule has 0 fully saturated rings. The summed E-state index contributed by atoms with van der Waals surface area (Å²) < 4.78 is 13.0. The average Bonchev–Trinajstić information content (AvgIpc) is 2.20. The monoisotopic (exact) mass is 192 g/mol. The van der Waals surface area contributed by atoms with Gasteiger partial charge in [0.05, 0.1) is 0 Å². The zero-order chi connectivity index (χ0) is 10.6. The van der Waals surface area contributed by atoms with E-state index >= 15 is 0 Å². The van der Waals surface area contributed by atoms with Gasteiger partial charge in [0, 0.05) is 0 Å². The van der Waals surface area contributed by atoms with Gasteiger partial charge < -0.3 is 0 Å². The maximum atomic E-state index is 13.0. The molecule has 0 heterocycles. The average molecular weight is 192 g/mol. The van der Waals surface area contributed by atoms with Gasteiger partial charge in [-0.2, -0.15) is 0 Å². The maximum Gasteiger partial charge on any atom is 0.123 e. The van der Waals surface area contributed by atoms with E-state index in [9.17, 15) is 4.39 Å². The normalized spacial score (nSPS) is 12.5. The molecule has 1 rings (SSSR count). The van der Waals surface area contributed by atoms with E-state index in [1.165, 1.54) is 11.6 Å². The lowest BCUT2D eigenvalue weighted by atomic mass is 9.93. The second-order valence-electron chi connectivity index (χ2n) is 3.62. The Labute approximate surface area is 85.5 Å². The lowest BCUT2D eigenvalue weighted by molar-refractivity contribution is 0.623. The number of halogens is 1. The molecule has 14 heavy (non-hydrogen) atoms. The third-order valence-corrected chi connectivity index (χ3v) is 2.47. The number of benzene rings is 1. The topological polar surface area (TPSA) is 0 Å². The van der Waals surface area contributed by atoms with Crippen molar-refractivity contribution in [3.05, 3.63) is 47.8 Å². The van der Waals surface area contributed by atoms with Crippen molar-refractivity contribution in [2.24, 2.45) is 0 Å². The van der Waals surface area contributed by atoms with Crippen LogP contribution in [0.25, 0.3) is 0 Å². The Hall–Kier alpha value is -1.11. The summed E-state index contributed by atoms with van der Waals surface area (Å²) >= 11 is 0. The molecule has 1 unspecified atom stereocenters. The van der Waals surface area contributed by atoms with Crippen LogP contribution in [-0.2, 0) is 6.42 Å². The van der Waals surface area contributed by atoms with Crippen LogP contribution in [0, 0.1) is 5.82 Å². The van der Waals surface area contributed by atoms with Crippen molar-refractivity contribution < 1.29 is 4.39 Å². The highest BCUT2D eigenvalue weighted by atomic mass is 19.1. The van der Waals surface area contributed by atoms with Crippen molar-refractivity contribution in [3.8, 4) is 0 Å². The van der Waals surface area contributed by atoms with Crippen molar-refractivity contribution in [1.29, 1.82) is 0 Å². The Morgan fingerprint density at radius 1 is 1.50 bits per heavy atom. The molecule has 0 aliphatic heterocycles. The van der Waals surface area contributed by atoms with E-state index in [0.717, 1.165) is 18.4 Å². The van der Waals surface area contributed by atoms with Gasteiger partial charge in [-0.1, -0.05) is 32.4 Å². The summed E-state index contributed by atoms with van der Waals surface area (Å²) in [6.45, 7) is 7.92. The van der Waals surface area contributed by atoms with E-state index < -0.39 is 0 Å². The van der Waals surface area contributed by atoms with Crippen molar-refractivity contribution in [3.63, 3.8) is 0 Å². The van der Waals surface area contributed by atoms with Gasteiger partial charge in [-0.3, -0.25) is 0 Å². The highest BCUT2D eigenvalue weighted by Gasteiger charge is 2.08. The third kappa shape index (κ3) is 2.44. The largest absolute Gasteiger partial charge is 0.207 e. The molecular weight excluding hydrogens is 175 g/mol. The van der Waals surface area contributed by atoms with Crippen molar-refractivity contribution in [2.75, 3.05) is 0 Å². The molecule has 0 aliphatic rings. The van der Waals surface area contributed by atoms with Crippen LogP contribution in [0.1, 0.15) is 37.3 Å². The Morgan fingerprint density at radius 3 is 2.79 bits per heavy atom. The van der Waals surface area contributed by atoms with E-state index in [0.29, 0.717) is 0 Å². The first-order valence-corrected chi connectivity index (χ1v) is 5.10. The van der Waals surface area contributed by atoms with Gasteiger partial charge in [0.1, 0.15) is 5.82 Å². The van der Waals surface area contributed by atoms with E-state index in [1.54, 1.807) is 6.07 Å². The van der Waals surface area contributed by atoms with Crippen LogP contribution in [0.3, 0.4) is 0 Å². The molecule has 1 aromatic carbocycles. The molecule has 1 heteroatoms. The van der Waals surface area contributed by atoms with Crippen LogP contribution in [0.5, 0.6) is 0 Å². The van der Waals surface area contributed by atoms with Gasteiger partial charge in [0.15, 0.2) is 0 Å². The second-order valence-corrected chi connectivity index (χ2v) is 3.62. The van der Waals surface area contributed by atoms with Crippen LogP contribution < -0.4 is 0 Å². The first-order valence-electron chi connectivity index (χ1n) is 5.10. The Morgan fingerprint density at radius 2 is 2.21 bits per heavy atom. The zero-order valence-electron chi connectivity index (χ0n) is 8.89. The molecule has 0 bridgehead atoms. The number of aryl methyl sites for hydroxylation is 1. The molecule has 76 valence electrons. The quantitative estimate of drug-likeness (QED) is 0.631. The highest BCUT2D eigenvalue weighted by molar-refractivity contribution is 5.33. The lowest BCUT2D eigenvalue weighted by Crippen LogP contribution is -1.97. The fourth-order valence-electron chi connectivity index (χ4n) is 1.61. The summed E-state index contributed by atoms with van der Waals surface area (Å²) in [5, 5.41) is 0. The summed E-state index contributed by atoms with van der Waals surface area (Å²) in [4.78, 5) is 0. The minimum Gasteiger partial charge on any atom is -0.207 e. The molecule has 1 atom stereocenters. The number of hydrogen-bond donors (Lipinski definition) is 0. The Bertz CT molecular complexity index is 315. The smallest absolute Gasteiger partial charge is 0.123 e. The predicted molar refractivity (Wildman–Crippen MR) is 59.0 cm³/mol. The Balaban J connectivity index is 3.08. The SMILES string of the molecule is C=CC(C)c1cc(F)ccc1CCC. The molecule has 1 aromatic rings. The fourth-order valence-corrected chi connectivity index (χ4v) is 1.61. The zero-order valence-corrected chi connectivity index (χ0v) is 8.89. The number of hydrogen-bond acceptors (Lipinski definition) is 0. The van der Waals surface area contributed by atoms with Gasteiger partial charge in [-0.15, -0.1) is 6.58 Å². The molecule has 0 aromatic heterocycles. The summed E-state index contributed by atoms with van der Waals surface area (Å²) in [5.41, 5.74) is 2.31. The minimum atomic E-state index is -0.159. The van der Waals surface area contributed by atoms with Crippen LogP contribution in [0.4, 0.5) is 4.39 Å². The minimum absolute atomic E-state index is 0.159. The highest BCUT2D eigenvalue weighted by Crippen LogP contribution is 2.23. The van der Waals surface area contributed by atoms with Gasteiger partial charge in [-0.05, 0) is 35.6 Å². The second kappa shape index (κ2) is 4.94. The van der Waals surface area contributed by atoms with E-state index in [2.05, 4.69) is 13.5 Å². The van der Waals surface area contributed by atoms with E-state index in [1.807, 2.05) is 19.1 Å². The fraction of sp³-hybridized carbons (Fsp3) is 0.385. The van der Waals surface area contributed by atoms with Crippen LogP contribution in [0.15, 0.2) is 30.9 Å². The summed E-state index contributed by atoms with van der Waals surface area (Å²) in [5.74, 6) is 0.0702. The van der Waals surface area contributed by atoms with Crippen molar-refractivity contribution in [1.82, 2.24) is 0 Å². The molecule has 0 saturated heterocycles. The number of rotatable bonds is 4. The van der Waals surface area contributed by atoms with Gasteiger partial charge >= 0.3 is 0 Å². The van der Waals surface area contributed by atoms with E-state index in [4.69, 9.17) is 0 Å². The molecule has 0 aliphatic carbocycles. The first kappa shape index (κ1) is 11.0. The van der Waals surface area contributed by atoms with E-state index in [-0.39, 0.29) is 11.7 Å². The van der Waals surface area contributed by atoms with Crippen LogP contribution in [-0.4, -0.2) is 0 Å². The number of allylic oxidation sites excluding steroid dienone is 1. The summed E-state index contributed by atoms with van der Waals surface area (Å²) in [6, 6.07) is 5.04. The molecule has 0 saturated carbocycles. The maximum absolute atomic E-state index is 13.0. The van der Waals surface area contributed by atoms with Crippen molar-refractivity contribution in [2.45, 2.75) is 32.6 Å². The van der Waals surface area contributed by atoms with Crippen LogP contribution in [0.2, 0.25) is 0 Å². The summed E-state index contributed by atoms with van der Waals surface area (Å²) in [6.07, 6.45) is 3.95.